The van der Waals surface area contributed by atoms with Crippen molar-refractivity contribution in [2.75, 3.05) is 26.7 Å². The summed E-state index contributed by atoms with van der Waals surface area (Å²) in [5.41, 5.74) is -0.556. The maximum atomic E-state index is 11.8. The van der Waals surface area contributed by atoms with E-state index in [4.69, 9.17) is 9.84 Å². The fourth-order valence-electron chi connectivity index (χ4n) is 1.63. The van der Waals surface area contributed by atoms with Gasteiger partial charge in [-0.05, 0) is 27.8 Å². The van der Waals surface area contributed by atoms with Crippen LogP contribution in [0.4, 0.5) is 4.79 Å². The zero-order valence-corrected chi connectivity index (χ0v) is 11.8. The Morgan fingerprint density at radius 2 is 1.83 bits per heavy atom. The normalized spacial score (nSPS) is 21.1. The van der Waals surface area contributed by atoms with Crippen molar-refractivity contribution in [2.24, 2.45) is 0 Å². The van der Waals surface area contributed by atoms with E-state index in [0.717, 1.165) is 0 Å². The molecule has 6 nitrogen and oxygen atoms in total. The predicted octanol–water partition coefficient (Wildman–Crippen LogP) is 0.241. The molecule has 0 bridgehead atoms. The van der Waals surface area contributed by atoms with Gasteiger partial charge in [-0.15, -0.1) is 0 Å². The topological polar surface area (TPSA) is 70.1 Å². The molecule has 0 aromatic heterocycles. The number of amides is 1. The number of rotatable bonds is 1. The fourth-order valence-corrected chi connectivity index (χ4v) is 1.63. The van der Waals surface area contributed by atoms with Crippen molar-refractivity contribution in [1.29, 1.82) is 0 Å². The number of carbonyl (C=O) groups excluding carboxylic acids is 1. The molecular formula is C11H20LiN2O4. The van der Waals surface area contributed by atoms with Crippen molar-refractivity contribution in [1.82, 2.24) is 9.80 Å². The number of carbonyl (C=O) groups is 2. The molecule has 1 amide bonds. The minimum absolute atomic E-state index is 0. The van der Waals surface area contributed by atoms with Gasteiger partial charge in [0.05, 0.1) is 6.54 Å². The Hall–Kier alpha value is -0.703. The number of carboxylic acids is 1. The summed E-state index contributed by atoms with van der Waals surface area (Å²) in [6.07, 6.45) is -0.447. The van der Waals surface area contributed by atoms with Crippen molar-refractivity contribution >= 4 is 30.9 Å². The average Bonchev–Trinajstić information content (AvgIpc) is 2.14. The van der Waals surface area contributed by atoms with Crippen LogP contribution < -0.4 is 0 Å². The van der Waals surface area contributed by atoms with E-state index in [9.17, 15) is 9.59 Å². The van der Waals surface area contributed by atoms with Crippen LogP contribution in [0.1, 0.15) is 20.8 Å². The molecule has 1 aliphatic heterocycles. The monoisotopic (exact) mass is 251 g/mol. The van der Waals surface area contributed by atoms with Gasteiger partial charge in [-0.1, -0.05) is 0 Å². The third-order valence-corrected chi connectivity index (χ3v) is 2.58. The Balaban J connectivity index is 0.00000289. The van der Waals surface area contributed by atoms with Crippen LogP contribution in [0.3, 0.4) is 0 Å². The van der Waals surface area contributed by atoms with E-state index >= 15 is 0 Å². The Kier molecular flexibility index (Phi) is 6.21. The van der Waals surface area contributed by atoms with Gasteiger partial charge < -0.3 is 14.7 Å². The number of nitrogens with zero attached hydrogens (tertiary/aromatic N) is 2. The van der Waals surface area contributed by atoms with Crippen LogP contribution in [0, 0.1) is 0 Å². The number of hydrogen-bond acceptors (Lipinski definition) is 4. The molecule has 7 heteroatoms. The van der Waals surface area contributed by atoms with Gasteiger partial charge in [0.2, 0.25) is 0 Å². The molecule has 1 radical (unpaired) electrons. The van der Waals surface area contributed by atoms with E-state index in [1.165, 1.54) is 4.90 Å². The van der Waals surface area contributed by atoms with Gasteiger partial charge in [0.1, 0.15) is 11.6 Å². The van der Waals surface area contributed by atoms with Crippen LogP contribution >= 0.6 is 0 Å². The first-order chi connectivity index (χ1) is 7.70. The molecule has 0 aliphatic carbocycles. The molecular weight excluding hydrogens is 231 g/mol. The standard InChI is InChI=1S/C11H20N2O4.Li/c1-11(2,3)17-10(16)13-6-5-12(4)8(7-13)9(14)15;/h8H,5-7H2,1-4H3,(H,14,15);/t8-;/m1./s1. The predicted molar refractivity (Wildman–Crippen MR) is 67.6 cm³/mol. The second-order valence-electron chi connectivity index (χ2n) is 5.26. The van der Waals surface area contributed by atoms with E-state index in [2.05, 4.69) is 0 Å². The summed E-state index contributed by atoms with van der Waals surface area (Å²) in [6.45, 7) is 6.56. The van der Waals surface area contributed by atoms with Crippen molar-refractivity contribution < 1.29 is 19.4 Å². The van der Waals surface area contributed by atoms with E-state index in [0.29, 0.717) is 13.1 Å². The van der Waals surface area contributed by atoms with Crippen LogP contribution in [0.2, 0.25) is 0 Å². The van der Waals surface area contributed by atoms with Gasteiger partial charge in [0.25, 0.3) is 0 Å². The molecule has 1 fully saturated rings. The Morgan fingerprint density at radius 1 is 1.28 bits per heavy atom. The van der Waals surface area contributed by atoms with Crippen LogP contribution in [0.25, 0.3) is 0 Å². The largest absolute Gasteiger partial charge is 0.480 e. The zero-order chi connectivity index (χ0) is 13.2. The van der Waals surface area contributed by atoms with Gasteiger partial charge in [0.15, 0.2) is 0 Å². The number of ether oxygens (including phenoxy) is 1. The van der Waals surface area contributed by atoms with Crippen LogP contribution in [-0.2, 0) is 9.53 Å². The van der Waals surface area contributed by atoms with E-state index in [1.54, 1.807) is 32.7 Å². The summed E-state index contributed by atoms with van der Waals surface area (Å²) in [5, 5.41) is 9.02. The molecule has 1 atom stereocenters. The quantitative estimate of drug-likeness (QED) is 0.676. The second-order valence-corrected chi connectivity index (χ2v) is 5.26. The van der Waals surface area contributed by atoms with Crippen LogP contribution in [-0.4, -0.2) is 84.2 Å². The summed E-state index contributed by atoms with van der Waals surface area (Å²) in [5.74, 6) is -0.916. The summed E-state index contributed by atoms with van der Waals surface area (Å²) >= 11 is 0. The first-order valence-corrected chi connectivity index (χ1v) is 5.61. The molecule has 0 spiro atoms. The third-order valence-electron chi connectivity index (χ3n) is 2.58. The number of aliphatic carboxylic acids is 1. The summed E-state index contributed by atoms with van der Waals surface area (Å²) < 4.78 is 5.22. The van der Waals surface area contributed by atoms with Crippen molar-refractivity contribution in [3.05, 3.63) is 0 Å². The van der Waals surface area contributed by atoms with Crippen molar-refractivity contribution in [3.63, 3.8) is 0 Å². The number of hydrogen-bond donors (Lipinski definition) is 1. The van der Waals surface area contributed by atoms with E-state index in [1.807, 2.05) is 0 Å². The van der Waals surface area contributed by atoms with E-state index in [-0.39, 0.29) is 25.4 Å². The zero-order valence-electron chi connectivity index (χ0n) is 11.8. The van der Waals surface area contributed by atoms with Gasteiger partial charge in [-0.25, -0.2) is 4.79 Å². The van der Waals surface area contributed by atoms with Gasteiger partial charge in [-0.3, -0.25) is 9.69 Å². The fraction of sp³-hybridized carbons (Fsp3) is 0.818. The smallest absolute Gasteiger partial charge is 0.410 e. The minimum Gasteiger partial charge on any atom is -0.480 e. The van der Waals surface area contributed by atoms with Crippen LogP contribution in [0.5, 0.6) is 0 Å². The first-order valence-electron chi connectivity index (χ1n) is 5.61. The summed E-state index contributed by atoms with van der Waals surface area (Å²) in [7, 11) is 1.74. The molecule has 0 unspecified atom stereocenters. The van der Waals surface area contributed by atoms with E-state index < -0.39 is 23.7 Å². The molecule has 99 valence electrons. The maximum Gasteiger partial charge on any atom is 0.410 e. The Labute approximate surface area is 119 Å². The number of carboxylic acid groups (broad SMARTS) is 1. The van der Waals surface area contributed by atoms with Crippen molar-refractivity contribution in [3.8, 4) is 0 Å². The molecule has 1 rings (SSSR count). The summed E-state index contributed by atoms with van der Waals surface area (Å²) in [6, 6.07) is -0.656. The molecule has 0 aromatic carbocycles. The third kappa shape index (κ3) is 4.89. The molecule has 1 N–H and O–H groups in total. The van der Waals surface area contributed by atoms with Crippen molar-refractivity contribution in [2.45, 2.75) is 32.4 Å². The second kappa shape index (κ2) is 6.46. The minimum atomic E-state index is -0.916. The Bertz CT molecular complexity index is 317. The molecule has 1 saturated heterocycles. The summed E-state index contributed by atoms with van der Waals surface area (Å²) in [4.78, 5) is 26.0. The van der Waals surface area contributed by atoms with Gasteiger partial charge in [-0.2, -0.15) is 0 Å². The maximum absolute atomic E-state index is 11.8. The first kappa shape index (κ1) is 17.3. The number of piperazine rings is 1. The molecule has 18 heavy (non-hydrogen) atoms. The molecule has 0 aromatic rings. The van der Waals surface area contributed by atoms with Gasteiger partial charge in [0, 0.05) is 32.0 Å². The molecule has 1 aliphatic rings. The average molecular weight is 251 g/mol. The Morgan fingerprint density at radius 3 is 2.28 bits per heavy atom. The molecule has 0 saturated carbocycles. The van der Waals surface area contributed by atoms with Gasteiger partial charge >= 0.3 is 12.1 Å². The SMILES string of the molecule is CN1CCN(C(=O)OC(C)(C)C)C[C@@H]1C(=O)O.[Li]. The van der Waals surface area contributed by atoms with Crippen LogP contribution in [0.15, 0.2) is 0 Å². The number of likely N-dealkylation sites (N-methyl/N-ethyl adjacent to an activating group) is 1. The molecule has 1 heterocycles.